The Morgan fingerprint density at radius 2 is 0.964 bits per heavy atom. The number of aliphatic hydroxyl groups excluding tert-OH is 1. The van der Waals surface area contributed by atoms with E-state index in [9.17, 15) is 41.0 Å². The van der Waals surface area contributed by atoms with Gasteiger partial charge >= 0.3 is 24.2 Å². The van der Waals surface area contributed by atoms with Crippen molar-refractivity contribution in [1.82, 2.24) is 0 Å². The summed E-state index contributed by atoms with van der Waals surface area (Å²) in [5.74, 6) is -4.28. The molecule has 0 saturated heterocycles. The van der Waals surface area contributed by atoms with E-state index in [1.807, 2.05) is 0 Å². The van der Waals surface area contributed by atoms with Gasteiger partial charge in [0, 0.05) is 11.4 Å². The average Bonchev–Trinajstić information content (AvgIpc) is 2.61. The number of benzene rings is 2. The summed E-state index contributed by atoms with van der Waals surface area (Å²) < 4.78 is 73.2. The Bertz CT molecular complexity index is 774. The fraction of sp³-hybridized carbons (Fsp3) is 0.176. The first-order chi connectivity index (χ1) is 12.9. The van der Waals surface area contributed by atoms with Crippen molar-refractivity contribution in [2.75, 3.05) is 10.6 Å². The number of amides is 2. The van der Waals surface area contributed by atoms with Crippen LogP contribution < -0.4 is 10.6 Å². The molecule has 150 valence electrons. The monoisotopic (exact) mass is 406 g/mol. The number of halogens is 6. The van der Waals surface area contributed by atoms with Crippen molar-refractivity contribution in [3.8, 4) is 0 Å². The summed E-state index contributed by atoms with van der Waals surface area (Å²) in [5.41, 5.74) is 0.251. The predicted molar refractivity (Wildman–Crippen MR) is 86.3 cm³/mol. The minimum Gasteiger partial charge on any atom is -0.384 e. The largest absolute Gasteiger partial charge is 0.471 e. The molecule has 0 saturated carbocycles. The van der Waals surface area contributed by atoms with Gasteiger partial charge in [-0.2, -0.15) is 26.3 Å². The standard InChI is InChI=1S/C17H12F6N2O3/c18-16(19,20)14(27)24-11-5-1-9(2-6-11)13(26)10-3-7-12(8-4-10)25-15(28)17(21,22)23/h1-8,13,26H,(H,24,27)(H,25,28). The van der Waals surface area contributed by atoms with Crippen LogP contribution in [0.25, 0.3) is 0 Å². The van der Waals surface area contributed by atoms with Gasteiger partial charge in [-0.25, -0.2) is 0 Å². The van der Waals surface area contributed by atoms with Gasteiger partial charge in [-0.1, -0.05) is 24.3 Å². The second-order valence-corrected chi connectivity index (χ2v) is 5.55. The van der Waals surface area contributed by atoms with Crippen LogP contribution in [0, 0.1) is 0 Å². The van der Waals surface area contributed by atoms with Crippen LogP contribution in [-0.4, -0.2) is 29.3 Å². The zero-order valence-electron chi connectivity index (χ0n) is 13.7. The molecule has 0 unspecified atom stereocenters. The molecule has 0 bridgehead atoms. The van der Waals surface area contributed by atoms with Gasteiger partial charge in [0.1, 0.15) is 6.10 Å². The molecule has 0 aliphatic rings. The Balaban J connectivity index is 2.06. The molecular formula is C17H12F6N2O3. The van der Waals surface area contributed by atoms with Gasteiger partial charge in [0.15, 0.2) is 0 Å². The molecule has 2 rings (SSSR count). The molecular weight excluding hydrogens is 394 g/mol. The van der Waals surface area contributed by atoms with Crippen molar-refractivity contribution in [2.45, 2.75) is 18.5 Å². The number of hydrogen-bond donors (Lipinski definition) is 3. The van der Waals surface area contributed by atoms with Crippen LogP contribution >= 0.6 is 0 Å². The Labute approximate surface area is 154 Å². The number of hydrogen-bond acceptors (Lipinski definition) is 3. The van der Waals surface area contributed by atoms with E-state index in [0.717, 1.165) is 24.3 Å². The number of rotatable bonds is 4. The van der Waals surface area contributed by atoms with E-state index in [4.69, 9.17) is 0 Å². The van der Waals surface area contributed by atoms with Crippen molar-refractivity contribution < 1.29 is 41.0 Å². The van der Waals surface area contributed by atoms with Crippen molar-refractivity contribution in [2.24, 2.45) is 0 Å². The third-order valence-electron chi connectivity index (χ3n) is 3.48. The highest BCUT2D eigenvalue weighted by molar-refractivity contribution is 5.95. The molecule has 0 spiro atoms. The fourth-order valence-corrected chi connectivity index (χ4v) is 2.09. The van der Waals surface area contributed by atoms with Gasteiger partial charge in [0.05, 0.1) is 0 Å². The first kappa shape index (κ1) is 21.2. The van der Waals surface area contributed by atoms with E-state index in [1.54, 1.807) is 10.6 Å². The number of aliphatic hydroxyl groups is 1. The van der Waals surface area contributed by atoms with Crippen LogP contribution in [-0.2, 0) is 9.59 Å². The average molecular weight is 406 g/mol. The maximum atomic E-state index is 12.2. The normalized spacial score (nSPS) is 12.0. The molecule has 11 heteroatoms. The summed E-state index contributed by atoms with van der Waals surface area (Å²) in [5, 5.41) is 13.6. The Morgan fingerprint density at radius 3 is 1.21 bits per heavy atom. The maximum Gasteiger partial charge on any atom is 0.471 e. The molecule has 0 aliphatic heterocycles. The van der Waals surface area contributed by atoms with Crippen LogP contribution in [0.15, 0.2) is 48.5 Å². The summed E-state index contributed by atoms with van der Waals surface area (Å²) in [6.07, 6.45) is -11.3. The number of alkyl halides is 6. The minimum absolute atomic E-state index is 0.136. The van der Waals surface area contributed by atoms with Gasteiger partial charge in [-0.05, 0) is 35.4 Å². The van der Waals surface area contributed by atoms with Gasteiger partial charge in [0.2, 0.25) is 0 Å². The molecule has 0 aromatic heterocycles. The van der Waals surface area contributed by atoms with Crippen LogP contribution in [0.5, 0.6) is 0 Å². The van der Waals surface area contributed by atoms with Gasteiger partial charge in [-0.15, -0.1) is 0 Å². The van der Waals surface area contributed by atoms with Crippen LogP contribution in [0.2, 0.25) is 0 Å². The molecule has 0 heterocycles. The number of nitrogens with one attached hydrogen (secondary N) is 2. The van der Waals surface area contributed by atoms with E-state index >= 15 is 0 Å². The van der Waals surface area contributed by atoms with Crippen molar-refractivity contribution in [1.29, 1.82) is 0 Å². The Hall–Kier alpha value is -3.08. The summed E-state index contributed by atoms with van der Waals surface area (Å²) in [7, 11) is 0. The van der Waals surface area contributed by atoms with Crippen molar-refractivity contribution in [3.63, 3.8) is 0 Å². The lowest BCUT2D eigenvalue weighted by Gasteiger charge is -2.14. The molecule has 2 amide bonds. The number of carbonyl (C=O) groups is 2. The molecule has 5 nitrogen and oxygen atoms in total. The zero-order chi connectivity index (χ0) is 21.1. The summed E-state index contributed by atoms with van der Waals surface area (Å²) >= 11 is 0. The fourth-order valence-electron chi connectivity index (χ4n) is 2.09. The van der Waals surface area contributed by atoms with E-state index in [2.05, 4.69) is 0 Å². The van der Waals surface area contributed by atoms with E-state index in [-0.39, 0.29) is 22.5 Å². The van der Waals surface area contributed by atoms with Crippen molar-refractivity contribution >= 4 is 23.2 Å². The Morgan fingerprint density at radius 1 is 0.679 bits per heavy atom. The lowest BCUT2D eigenvalue weighted by Crippen LogP contribution is -2.29. The highest BCUT2D eigenvalue weighted by Crippen LogP contribution is 2.26. The topological polar surface area (TPSA) is 78.4 Å². The number of carbonyl (C=O) groups excluding carboxylic acids is 2. The first-order valence-electron chi connectivity index (χ1n) is 7.52. The van der Waals surface area contributed by atoms with Crippen LogP contribution in [0.3, 0.4) is 0 Å². The van der Waals surface area contributed by atoms with Crippen LogP contribution in [0.4, 0.5) is 37.7 Å². The van der Waals surface area contributed by atoms with Gasteiger partial charge in [-0.3, -0.25) is 9.59 Å². The second kappa shape index (κ2) is 7.89. The highest BCUT2D eigenvalue weighted by atomic mass is 19.4. The molecule has 0 radical (unpaired) electrons. The first-order valence-corrected chi connectivity index (χ1v) is 7.52. The summed E-state index contributed by atoms with van der Waals surface area (Å²) in [4.78, 5) is 21.7. The molecule has 0 fully saturated rings. The molecule has 2 aromatic carbocycles. The second-order valence-electron chi connectivity index (χ2n) is 5.55. The Kier molecular flexibility index (Phi) is 5.98. The molecule has 3 N–H and O–H groups in total. The zero-order valence-corrected chi connectivity index (χ0v) is 13.7. The number of anilines is 2. The lowest BCUT2D eigenvalue weighted by molar-refractivity contribution is -0.167. The summed E-state index contributed by atoms with van der Waals surface area (Å²) in [6, 6.07) is 9.71. The van der Waals surface area contributed by atoms with E-state index < -0.39 is 30.3 Å². The molecule has 2 aromatic rings. The molecule has 0 atom stereocenters. The smallest absolute Gasteiger partial charge is 0.384 e. The molecule has 28 heavy (non-hydrogen) atoms. The van der Waals surface area contributed by atoms with Gasteiger partial charge in [0.25, 0.3) is 0 Å². The van der Waals surface area contributed by atoms with E-state index in [0.29, 0.717) is 0 Å². The third kappa shape index (κ3) is 5.46. The van der Waals surface area contributed by atoms with Crippen molar-refractivity contribution in [3.05, 3.63) is 59.7 Å². The highest BCUT2D eigenvalue weighted by Gasteiger charge is 2.39. The predicted octanol–water partition coefficient (Wildman–Crippen LogP) is 3.77. The van der Waals surface area contributed by atoms with Crippen LogP contribution in [0.1, 0.15) is 17.2 Å². The maximum absolute atomic E-state index is 12.2. The summed E-state index contributed by atoms with van der Waals surface area (Å²) in [6.45, 7) is 0. The lowest BCUT2D eigenvalue weighted by atomic mass is 10.0. The minimum atomic E-state index is -5.04. The third-order valence-corrected chi connectivity index (χ3v) is 3.48. The molecule has 0 aliphatic carbocycles. The SMILES string of the molecule is O=C(Nc1ccc(C(O)c2ccc(NC(=O)C(F)(F)F)cc2)cc1)C(F)(F)F. The van der Waals surface area contributed by atoms with Gasteiger partial charge < -0.3 is 15.7 Å². The van der Waals surface area contributed by atoms with E-state index in [1.165, 1.54) is 24.3 Å². The quantitative estimate of drug-likeness (QED) is 0.677.